The number of carbonyl (C=O) groups is 1. The van der Waals surface area contributed by atoms with Gasteiger partial charge in [0.1, 0.15) is 11.3 Å². The van der Waals surface area contributed by atoms with Gasteiger partial charge in [-0.3, -0.25) is 4.79 Å². The van der Waals surface area contributed by atoms with E-state index in [1.54, 1.807) is 6.07 Å². The van der Waals surface area contributed by atoms with Crippen LogP contribution in [0.3, 0.4) is 0 Å². The van der Waals surface area contributed by atoms with Crippen LogP contribution < -0.4 is 10.4 Å². The Labute approximate surface area is 198 Å². The van der Waals surface area contributed by atoms with Crippen molar-refractivity contribution in [3.8, 4) is 5.75 Å². The highest BCUT2D eigenvalue weighted by atomic mass is 16.5. The van der Waals surface area contributed by atoms with E-state index in [0.29, 0.717) is 29.6 Å². The molecule has 1 aromatic carbocycles. The van der Waals surface area contributed by atoms with Crippen molar-refractivity contribution in [2.24, 2.45) is 0 Å². The van der Waals surface area contributed by atoms with Gasteiger partial charge in [-0.05, 0) is 71.6 Å². The molecule has 1 heterocycles. The minimum atomic E-state index is -0.349. The number of rotatable bonds is 13. The summed E-state index contributed by atoms with van der Waals surface area (Å²) in [7, 11) is 4.24. The molecule has 33 heavy (non-hydrogen) atoms. The van der Waals surface area contributed by atoms with Gasteiger partial charge in [0.15, 0.2) is 6.54 Å². The number of unbranched alkanes of at least 4 members (excludes halogenated alkanes) is 2. The van der Waals surface area contributed by atoms with Crippen LogP contribution in [0.2, 0.25) is 0 Å². The number of ether oxygens (including phenoxy) is 1. The first-order valence-corrected chi connectivity index (χ1v) is 12.1. The van der Waals surface area contributed by atoms with Crippen LogP contribution in [0.1, 0.15) is 52.5 Å². The lowest BCUT2D eigenvalue weighted by molar-refractivity contribution is -0.883. The summed E-state index contributed by atoms with van der Waals surface area (Å²) in [6.07, 6.45) is 5.79. The van der Waals surface area contributed by atoms with Crippen molar-refractivity contribution in [2.45, 2.75) is 53.4 Å². The molecular formula is C27H41N2O4+. The predicted octanol–water partition coefficient (Wildman–Crippen LogP) is 4.80. The number of carbonyl (C=O) groups excluding carboxylic acids is 1. The van der Waals surface area contributed by atoms with E-state index in [-0.39, 0.29) is 11.5 Å². The van der Waals surface area contributed by atoms with Crippen LogP contribution in [-0.4, -0.2) is 62.2 Å². The minimum Gasteiger partial charge on any atom is -0.493 e. The van der Waals surface area contributed by atoms with E-state index in [0.717, 1.165) is 55.6 Å². The van der Waals surface area contributed by atoms with Crippen molar-refractivity contribution in [2.75, 3.05) is 46.9 Å². The van der Waals surface area contributed by atoms with Crippen LogP contribution in [0.25, 0.3) is 11.0 Å². The quantitative estimate of drug-likeness (QED) is 0.188. The number of hydrogen-bond donors (Lipinski definition) is 0. The van der Waals surface area contributed by atoms with E-state index in [1.807, 2.05) is 30.9 Å². The van der Waals surface area contributed by atoms with Gasteiger partial charge in [0.25, 0.3) is 5.91 Å². The molecule has 6 heteroatoms. The van der Waals surface area contributed by atoms with E-state index in [1.165, 1.54) is 11.6 Å². The second-order valence-corrected chi connectivity index (χ2v) is 9.49. The third-order valence-electron chi connectivity index (χ3n) is 5.91. The van der Waals surface area contributed by atoms with Gasteiger partial charge in [-0.25, -0.2) is 4.79 Å². The summed E-state index contributed by atoms with van der Waals surface area (Å²) in [5.41, 5.74) is 2.38. The van der Waals surface area contributed by atoms with Crippen LogP contribution in [0.4, 0.5) is 0 Å². The molecule has 0 saturated carbocycles. The number of allylic oxidation sites excluding steroid dienone is 2. The molecule has 0 fully saturated rings. The van der Waals surface area contributed by atoms with Crippen LogP contribution in [-0.2, 0) is 11.2 Å². The van der Waals surface area contributed by atoms with Gasteiger partial charge in [-0.2, -0.15) is 0 Å². The summed E-state index contributed by atoms with van der Waals surface area (Å²) in [4.78, 5) is 26.1. The molecule has 182 valence electrons. The molecule has 1 aromatic heterocycles. The van der Waals surface area contributed by atoms with Crippen molar-refractivity contribution in [1.82, 2.24) is 4.90 Å². The molecule has 2 aromatic rings. The normalized spacial score (nSPS) is 11.5. The van der Waals surface area contributed by atoms with E-state index >= 15 is 0 Å². The first-order valence-electron chi connectivity index (χ1n) is 12.1. The lowest BCUT2D eigenvalue weighted by Gasteiger charge is -2.31. The molecule has 0 aliphatic heterocycles. The molecular weight excluding hydrogens is 416 g/mol. The Morgan fingerprint density at radius 3 is 2.42 bits per heavy atom. The second kappa shape index (κ2) is 12.6. The summed E-state index contributed by atoms with van der Waals surface area (Å²) >= 11 is 0. The molecule has 0 atom stereocenters. The fourth-order valence-corrected chi connectivity index (χ4v) is 3.93. The zero-order chi connectivity index (χ0) is 24.4. The fourth-order valence-electron chi connectivity index (χ4n) is 3.93. The first kappa shape index (κ1) is 26.7. The second-order valence-electron chi connectivity index (χ2n) is 9.49. The summed E-state index contributed by atoms with van der Waals surface area (Å²) in [5, 5.41) is 0.901. The standard InChI is InChI=1S/C27H41N2O4/c1-7-28(8-2)25(30)20-29(5,6)18-10-9-11-19-32-24-16-13-22-14-17-26(31)33-27(22)23(24)15-12-21(3)4/h12-14,16-17H,7-11,15,18-20H2,1-6H3/q+1. The molecule has 0 unspecified atom stereocenters. The molecule has 0 bridgehead atoms. The van der Waals surface area contributed by atoms with Crippen LogP contribution >= 0.6 is 0 Å². The van der Waals surface area contributed by atoms with E-state index in [4.69, 9.17) is 9.15 Å². The van der Waals surface area contributed by atoms with Crippen molar-refractivity contribution in [3.05, 3.63) is 51.9 Å². The summed E-state index contributed by atoms with van der Waals surface area (Å²) in [5.74, 6) is 0.996. The predicted molar refractivity (Wildman–Crippen MR) is 135 cm³/mol. The highest BCUT2D eigenvalue weighted by Gasteiger charge is 2.22. The van der Waals surface area contributed by atoms with Gasteiger partial charge in [-0.15, -0.1) is 0 Å². The van der Waals surface area contributed by atoms with Gasteiger partial charge in [0, 0.05) is 30.1 Å². The summed E-state index contributed by atoms with van der Waals surface area (Å²) in [6, 6.07) is 7.15. The van der Waals surface area contributed by atoms with E-state index in [9.17, 15) is 9.59 Å². The average Bonchev–Trinajstić information content (AvgIpc) is 2.75. The number of benzene rings is 1. The largest absolute Gasteiger partial charge is 0.493 e. The molecule has 0 N–H and O–H groups in total. The van der Waals surface area contributed by atoms with Crippen LogP contribution in [0.5, 0.6) is 5.75 Å². The zero-order valence-electron chi connectivity index (χ0n) is 21.3. The number of hydrogen-bond acceptors (Lipinski definition) is 4. The van der Waals surface area contributed by atoms with Gasteiger partial charge in [0.2, 0.25) is 0 Å². The Bertz CT molecular complexity index is 999. The number of amides is 1. The number of fused-ring (bicyclic) bond motifs is 1. The maximum atomic E-state index is 12.4. The van der Waals surface area contributed by atoms with Gasteiger partial charge < -0.3 is 18.5 Å². The van der Waals surface area contributed by atoms with Crippen molar-refractivity contribution < 1.29 is 18.4 Å². The van der Waals surface area contributed by atoms with Crippen molar-refractivity contribution in [3.63, 3.8) is 0 Å². The summed E-state index contributed by atoms with van der Waals surface area (Å²) < 4.78 is 12.3. The highest BCUT2D eigenvalue weighted by Crippen LogP contribution is 2.28. The zero-order valence-corrected chi connectivity index (χ0v) is 21.3. The monoisotopic (exact) mass is 457 g/mol. The molecule has 0 radical (unpaired) electrons. The number of nitrogens with zero attached hydrogens (tertiary/aromatic N) is 2. The molecule has 0 saturated heterocycles. The van der Waals surface area contributed by atoms with Crippen molar-refractivity contribution >= 4 is 16.9 Å². The van der Waals surface area contributed by atoms with Crippen molar-refractivity contribution in [1.29, 1.82) is 0 Å². The number of likely N-dealkylation sites (N-methyl/N-ethyl adjacent to an activating group) is 2. The maximum absolute atomic E-state index is 12.4. The van der Waals surface area contributed by atoms with Gasteiger partial charge >= 0.3 is 5.63 Å². The number of quaternary nitrogens is 1. The molecule has 1 amide bonds. The van der Waals surface area contributed by atoms with E-state index in [2.05, 4.69) is 34.0 Å². The third-order valence-corrected chi connectivity index (χ3v) is 5.91. The Morgan fingerprint density at radius 1 is 1.06 bits per heavy atom. The van der Waals surface area contributed by atoms with Gasteiger partial charge in [-0.1, -0.05) is 11.6 Å². The first-order chi connectivity index (χ1) is 15.7. The smallest absolute Gasteiger partial charge is 0.336 e. The molecule has 2 rings (SSSR count). The molecule has 0 aliphatic rings. The molecule has 0 aliphatic carbocycles. The fraction of sp³-hybridized carbons (Fsp3) is 0.556. The van der Waals surface area contributed by atoms with Crippen LogP contribution in [0.15, 0.2) is 45.1 Å². The SMILES string of the molecule is CCN(CC)C(=O)C[N+](C)(C)CCCCCOc1ccc2ccc(=O)oc2c1CC=C(C)C. The average molecular weight is 458 g/mol. The van der Waals surface area contributed by atoms with Crippen LogP contribution in [0, 0.1) is 0 Å². The third kappa shape index (κ3) is 8.35. The summed E-state index contributed by atoms with van der Waals surface area (Å²) in [6.45, 7) is 11.8. The Kier molecular flexibility index (Phi) is 10.2. The van der Waals surface area contributed by atoms with E-state index < -0.39 is 0 Å². The topological polar surface area (TPSA) is 59.8 Å². The Balaban J connectivity index is 1.91. The lowest BCUT2D eigenvalue weighted by Crippen LogP contribution is -2.49. The minimum absolute atomic E-state index is 0.222. The maximum Gasteiger partial charge on any atom is 0.336 e. The Morgan fingerprint density at radius 2 is 1.76 bits per heavy atom. The Hall–Kier alpha value is -2.60. The molecule has 0 spiro atoms. The van der Waals surface area contributed by atoms with Gasteiger partial charge in [0.05, 0.1) is 27.2 Å². The molecule has 6 nitrogen and oxygen atoms in total. The lowest BCUT2D eigenvalue weighted by atomic mass is 10.1. The highest BCUT2D eigenvalue weighted by molar-refractivity contribution is 5.82.